The molecule has 4 rings (SSSR count). The molecule has 0 atom stereocenters. The van der Waals surface area contributed by atoms with Crippen LogP contribution in [0.4, 0.5) is 16.3 Å². The lowest BCUT2D eigenvalue weighted by Gasteiger charge is -2.09. The third kappa shape index (κ3) is 3.90. The Bertz CT molecular complexity index is 1110. The molecule has 2 aromatic heterocycles. The molecule has 2 heterocycles. The van der Waals surface area contributed by atoms with E-state index in [0.717, 1.165) is 21.8 Å². The van der Waals surface area contributed by atoms with Crippen molar-refractivity contribution < 1.29 is 4.79 Å². The van der Waals surface area contributed by atoms with Crippen LogP contribution in [-0.2, 0) is 7.05 Å². The summed E-state index contributed by atoms with van der Waals surface area (Å²) in [6.45, 7) is 0. The van der Waals surface area contributed by atoms with E-state index in [4.69, 9.17) is 16.6 Å². The van der Waals surface area contributed by atoms with Crippen molar-refractivity contribution in [3.05, 3.63) is 71.2 Å². The first-order chi connectivity index (χ1) is 13.6. The molecule has 2 amide bonds. The second-order valence-electron chi connectivity index (χ2n) is 6.02. The second-order valence-corrected chi connectivity index (χ2v) is 7.31. The topological polar surface area (TPSA) is 71.8 Å². The maximum Gasteiger partial charge on any atom is 0.324 e. The molecule has 2 N–H and O–H groups in total. The number of anilines is 2. The Kier molecular flexibility index (Phi) is 5.10. The number of halogens is 1. The van der Waals surface area contributed by atoms with Gasteiger partial charge in [0.2, 0.25) is 0 Å². The van der Waals surface area contributed by atoms with Crippen LogP contribution in [0, 0.1) is 0 Å². The lowest BCUT2D eigenvalue weighted by molar-refractivity contribution is 0.262. The van der Waals surface area contributed by atoms with Gasteiger partial charge in [-0.1, -0.05) is 41.9 Å². The average Bonchev–Trinajstić information content (AvgIpc) is 3.31. The zero-order valence-corrected chi connectivity index (χ0v) is 16.5. The SMILES string of the molecule is Cn1ncc(-c2nc(-c3ccc(Cl)cc3)cs2)c1NC(=O)Nc1ccccc1. The Morgan fingerprint density at radius 3 is 2.57 bits per heavy atom. The van der Waals surface area contributed by atoms with Gasteiger partial charge in [0.1, 0.15) is 10.8 Å². The number of para-hydroxylation sites is 1. The number of urea groups is 1. The fraction of sp³-hybridized carbons (Fsp3) is 0.0500. The molecule has 0 unspecified atom stereocenters. The quantitative estimate of drug-likeness (QED) is 0.467. The van der Waals surface area contributed by atoms with Crippen LogP contribution in [0.2, 0.25) is 5.02 Å². The van der Waals surface area contributed by atoms with Crippen molar-refractivity contribution in [1.82, 2.24) is 14.8 Å². The minimum absolute atomic E-state index is 0.342. The van der Waals surface area contributed by atoms with Gasteiger partial charge in [0.15, 0.2) is 0 Å². The van der Waals surface area contributed by atoms with Crippen LogP contribution in [0.25, 0.3) is 21.8 Å². The largest absolute Gasteiger partial charge is 0.324 e. The summed E-state index contributed by atoms with van der Waals surface area (Å²) in [6, 6.07) is 16.4. The van der Waals surface area contributed by atoms with Crippen LogP contribution in [0.1, 0.15) is 0 Å². The molecule has 0 saturated carbocycles. The maximum atomic E-state index is 12.4. The van der Waals surface area contributed by atoms with E-state index in [1.54, 1.807) is 17.9 Å². The molecule has 140 valence electrons. The van der Waals surface area contributed by atoms with Crippen LogP contribution in [-0.4, -0.2) is 20.8 Å². The van der Waals surface area contributed by atoms with Gasteiger partial charge in [-0.05, 0) is 24.3 Å². The number of thiazole rings is 1. The van der Waals surface area contributed by atoms with Gasteiger partial charge in [0.05, 0.1) is 17.5 Å². The standard InChI is InChI=1S/C20H16ClN5OS/c1-26-18(25-20(27)23-15-5-3-2-4-6-15)16(11-22-26)19-24-17(12-28-19)13-7-9-14(21)10-8-13/h2-12H,1H3,(H2,23,25,27). The highest BCUT2D eigenvalue weighted by Gasteiger charge is 2.17. The second kappa shape index (κ2) is 7.84. The summed E-state index contributed by atoms with van der Waals surface area (Å²) in [5.41, 5.74) is 3.30. The van der Waals surface area contributed by atoms with Gasteiger partial charge in [0, 0.05) is 28.7 Å². The van der Waals surface area contributed by atoms with E-state index in [0.29, 0.717) is 16.5 Å². The molecule has 8 heteroatoms. The summed E-state index contributed by atoms with van der Waals surface area (Å²) in [6.07, 6.45) is 1.70. The van der Waals surface area contributed by atoms with Gasteiger partial charge in [-0.2, -0.15) is 5.10 Å². The fourth-order valence-corrected chi connectivity index (χ4v) is 3.65. The lowest BCUT2D eigenvalue weighted by atomic mass is 10.2. The van der Waals surface area contributed by atoms with E-state index in [9.17, 15) is 4.79 Å². The third-order valence-corrected chi connectivity index (χ3v) is 5.20. The summed E-state index contributed by atoms with van der Waals surface area (Å²) < 4.78 is 1.61. The number of nitrogens with zero attached hydrogens (tertiary/aromatic N) is 3. The van der Waals surface area contributed by atoms with Crippen molar-refractivity contribution in [3.8, 4) is 21.8 Å². The van der Waals surface area contributed by atoms with E-state index in [2.05, 4.69) is 15.7 Å². The summed E-state index contributed by atoms with van der Waals surface area (Å²) >= 11 is 7.45. The Morgan fingerprint density at radius 1 is 1.07 bits per heavy atom. The number of aromatic nitrogens is 3. The van der Waals surface area contributed by atoms with E-state index < -0.39 is 0 Å². The zero-order chi connectivity index (χ0) is 19.5. The molecule has 0 radical (unpaired) electrons. The number of hydrogen-bond donors (Lipinski definition) is 2. The van der Waals surface area contributed by atoms with Crippen molar-refractivity contribution in [2.75, 3.05) is 10.6 Å². The van der Waals surface area contributed by atoms with E-state index in [1.807, 2.05) is 60.0 Å². The molecule has 0 aliphatic rings. The van der Waals surface area contributed by atoms with Crippen LogP contribution >= 0.6 is 22.9 Å². The van der Waals surface area contributed by atoms with Crippen molar-refractivity contribution in [1.29, 1.82) is 0 Å². The van der Waals surface area contributed by atoms with Crippen LogP contribution in [0.3, 0.4) is 0 Å². The minimum Gasteiger partial charge on any atom is -0.308 e. The number of nitrogens with one attached hydrogen (secondary N) is 2. The molecular weight excluding hydrogens is 394 g/mol. The molecule has 6 nitrogen and oxygen atoms in total. The summed E-state index contributed by atoms with van der Waals surface area (Å²) in [7, 11) is 1.77. The zero-order valence-electron chi connectivity index (χ0n) is 14.9. The number of hydrogen-bond acceptors (Lipinski definition) is 4. The first-order valence-electron chi connectivity index (χ1n) is 8.47. The fourth-order valence-electron chi connectivity index (χ4n) is 2.68. The molecule has 0 fully saturated rings. The maximum absolute atomic E-state index is 12.4. The van der Waals surface area contributed by atoms with Gasteiger partial charge in [-0.3, -0.25) is 10.00 Å². The van der Waals surface area contributed by atoms with Crippen LogP contribution < -0.4 is 10.6 Å². The van der Waals surface area contributed by atoms with E-state index in [1.165, 1.54) is 11.3 Å². The highest BCUT2D eigenvalue weighted by atomic mass is 35.5. The Morgan fingerprint density at radius 2 is 1.82 bits per heavy atom. The van der Waals surface area contributed by atoms with Crippen molar-refractivity contribution in [3.63, 3.8) is 0 Å². The minimum atomic E-state index is -0.342. The summed E-state index contributed by atoms with van der Waals surface area (Å²) in [4.78, 5) is 17.1. The van der Waals surface area contributed by atoms with Gasteiger partial charge in [-0.25, -0.2) is 9.78 Å². The molecular formula is C20H16ClN5OS. The molecule has 0 aliphatic heterocycles. The van der Waals surface area contributed by atoms with Crippen molar-refractivity contribution in [2.45, 2.75) is 0 Å². The van der Waals surface area contributed by atoms with Crippen LogP contribution in [0.5, 0.6) is 0 Å². The lowest BCUT2D eigenvalue weighted by Crippen LogP contribution is -2.21. The number of aryl methyl sites for hydroxylation is 1. The Labute approximate surface area is 170 Å². The number of carbonyl (C=O) groups is 1. The predicted octanol–water partition coefficient (Wildman–Crippen LogP) is 5.51. The predicted molar refractivity (Wildman–Crippen MR) is 114 cm³/mol. The van der Waals surface area contributed by atoms with Crippen molar-refractivity contribution >= 4 is 40.5 Å². The molecule has 0 bridgehead atoms. The van der Waals surface area contributed by atoms with Gasteiger partial charge in [-0.15, -0.1) is 11.3 Å². The van der Waals surface area contributed by atoms with Gasteiger partial charge >= 0.3 is 6.03 Å². The molecule has 4 aromatic rings. The van der Waals surface area contributed by atoms with Gasteiger partial charge < -0.3 is 5.32 Å². The van der Waals surface area contributed by atoms with E-state index in [-0.39, 0.29) is 6.03 Å². The first kappa shape index (κ1) is 18.2. The number of amides is 2. The summed E-state index contributed by atoms with van der Waals surface area (Å²) in [5, 5.41) is 13.4. The van der Waals surface area contributed by atoms with Crippen molar-refractivity contribution in [2.24, 2.45) is 7.05 Å². The summed E-state index contributed by atoms with van der Waals surface area (Å²) in [5.74, 6) is 0.574. The Balaban J connectivity index is 1.57. The third-order valence-electron chi connectivity index (χ3n) is 4.08. The first-order valence-corrected chi connectivity index (χ1v) is 9.73. The molecule has 2 aromatic carbocycles. The monoisotopic (exact) mass is 409 g/mol. The molecule has 28 heavy (non-hydrogen) atoms. The van der Waals surface area contributed by atoms with Crippen LogP contribution in [0.15, 0.2) is 66.2 Å². The molecule has 0 saturated heterocycles. The van der Waals surface area contributed by atoms with E-state index >= 15 is 0 Å². The smallest absolute Gasteiger partial charge is 0.308 e. The average molecular weight is 410 g/mol. The number of benzene rings is 2. The highest BCUT2D eigenvalue weighted by Crippen LogP contribution is 2.33. The molecule has 0 aliphatic carbocycles. The normalized spacial score (nSPS) is 10.6. The molecule has 0 spiro atoms. The van der Waals surface area contributed by atoms with Gasteiger partial charge in [0.25, 0.3) is 0 Å². The number of carbonyl (C=O) groups excluding carboxylic acids is 1. The number of rotatable bonds is 4. The Hall–Kier alpha value is -3.16. The highest BCUT2D eigenvalue weighted by molar-refractivity contribution is 7.13.